The number of nitrogens with zero attached hydrogens (tertiary/aromatic N) is 3. The van der Waals surface area contributed by atoms with Gasteiger partial charge in [-0.1, -0.05) is 56.3 Å². The molecule has 1 fully saturated rings. The maximum atomic E-state index is 14.0. The van der Waals surface area contributed by atoms with Crippen LogP contribution in [0.2, 0.25) is 0 Å². The van der Waals surface area contributed by atoms with E-state index in [1.807, 2.05) is 65.4 Å². The van der Waals surface area contributed by atoms with Gasteiger partial charge < -0.3 is 9.84 Å². The van der Waals surface area contributed by atoms with Crippen LogP contribution in [0.25, 0.3) is 44.8 Å². The lowest BCUT2D eigenvalue weighted by atomic mass is 9.98. The predicted octanol–water partition coefficient (Wildman–Crippen LogP) is 6.58. The van der Waals surface area contributed by atoms with Crippen molar-refractivity contribution in [2.75, 3.05) is 0 Å². The van der Waals surface area contributed by atoms with E-state index in [1.54, 1.807) is 12.1 Å². The minimum atomic E-state index is -0.737. The van der Waals surface area contributed by atoms with Gasteiger partial charge in [0.2, 0.25) is 0 Å². The fourth-order valence-electron chi connectivity index (χ4n) is 5.26. The lowest BCUT2D eigenvalue weighted by molar-refractivity contribution is -0.156. The van der Waals surface area contributed by atoms with E-state index in [0.717, 1.165) is 50.0 Å². The Morgan fingerprint density at radius 2 is 1.64 bits per heavy atom. The molecule has 0 saturated carbocycles. The van der Waals surface area contributed by atoms with Crippen LogP contribution in [0.15, 0.2) is 78.9 Å². The largest absolute Gasteiger partial charge is 0.458 e. The van der Waals surface area contributed by atoms with Crippen molar-refractivity contribution in [2.45, 2.75) is 44.8 Å². The van der Waals surface area contributed by atoms with Crippen LogP contribution < -0.4 is 0 Å². The monoisotopic (exact) mass is 521 g/mol. The van der Waals surface area contributed by atoms with Crippen LogP contribution in [-0.4, -0.2) is 38.0 Å². The molecule has 0 amide bonds. The number of cyclic esters (lactones) is 1. The number of aliphatic hydroxyl groups excluding tert-OH is 1. The SMILES string of the molecule is CC(C)c1nn(-c2c3ccccc3nc3ccccc23)c(-c2ccc(F)cc2)c1C=C[C@H]1C[C@H](O)CC(=O)O1. The highest BCUT2D eigenvalue weighted by Gasteiger charge is 2.27. The summed E-state index contributed by atoms with van der Waals surface area (Å²) in [6.07, 6.45) is 2.77. The van der Waals surface area contributed by atoms with Crippen molar-refractivity contribution in [1.29, 1.82) is 0 Å². The molecule has 2 atom stereocenters. The molecule has 2 aromatic heterocycles. The molecule has 0 unspecified atom stereocenters. The van der Waals surface area contributed by atoms with Crippen LogP contribution in [0, 0.1) is 5.82 Å². The van der Waals surface area contributed by atoms with E-state index in [4.69, 9.17) is 14.8 Å². The van der Waals surface area contributed by atoms with Crippen LogP contribution >= 0.6 is 0 Å². The Morgan fingerprint density at radius 3 is 2.26 bits per heavy atom. The van der Waals surface area contributed by atoms with Gasteiger partial charge in [0, 0.05) is 28.3 Å². The first-order valence-electron chi connectivity index (χ1n) is 13.1. The topological polar surface area (TPSA) is 77.2 Å². The number of pyridine rings is 1. The van der Waals surface area contributed by atoms with Gasteiger partial charge in [0.15, 0.2) is 0 Å². The molecule has 0 spiro atoms. The number of hydrogen-bond donors (Lipinski definition) is 1. The van der Waals surface area contributed by atoms with Gasteiger partial charge in [0.25, 0.3) is 0 Å². The zero-order valence-corrected chi connectivity index (χ0v) is 21.7. The van der Waals surface area contributed by atoms with E-state index in [0.29, 0.717) is 6.42 Å². The van der Waals surface area contributed by atoms with E-state index >= 15 is 0 Å². The quantitative estimate of drug-likeness (QED) is 0.209. The summed E-state index contributed by atoms with van der Waals surface area (Å²) >= 11 is 0. The van der Waals surface area contributed by atoms with Gasteiger partial charge in [-0.25, -0.2) is 14.1 Å². The van der Waals surface area contributed by atoms with Crippen LogP contribution in [0.1, 0.15) is 43.9 Å². The second-order valence-corrected chi connectivity index (χ2v) is 10.2. The summed E-state index contributed by atoms with van der Waals surface area (Å²) in [5, 5.41) is 17.2. The van der Waals surface area contributed by atoms with E-state index < -0.39 is 18.2 Å². The Labute approximate surface area is 225 Å². The molecule has 3 aromatic carbocycles. The van der Waals surface area contributed by atoms with Gasteiger partial charge >= 0.3 is 5.97 Å². The fourth-order valence-corrected chi connectivity index (χ4v) is 5.26. The summed E-state index contributed by atoms with van der Waals surface area (Å²) in [7, 11) is 0. The summed E-state index contributed by atoms with van der Waals surface area (Å²) in [5.74, 6) is -0.686. The minimum Gasteiger partial charge on any atom is -0.458 e. The highest BCUT2D eigenvalue weighted by Crippen LogP contribution is 2.38. The number of rotatable bonds is 5. The number of benzene rings is 3. The molecule has 7 heteroatoms. The summed E-state index contributed by atoms with van der Waals surface area (Å²) in [6, 6.07) is 22.3. The number of halogens is 1. The Balaban J connectivity index is 1.65. The molecule has 0 aliphatic carbocycles. The van der Waals surface area contributed by atoms with E-state index in [1.165, 1.54) is 12.1 Å². The normalized spacial score (nSPS) is 17.9. The molecule has 6 rings (SSSR count). The lowest BCUT2D eigenvalue weighted by Gasteiger charge is -2.23. The number of hydrogen-bond acceptors (Lipinski definition) is 5. The number of fused-ring (bicyclic) bond motifs is 2. The smallest absolute Gasteiger partial charge is 0.309 e. The van der Waals surface area contributed by atoms with Crippen molar-refractivity contribution in [2.24, 2.45) is 0 Å². The van der Waals surface area contributed by atoms with Crippen molar-refractivity contribution < 1.29 is 19.0 Å². The molecule has 1 N–H and O–H groups in total. The number of esters is 1. The number of carbonyl (C=O) groups is 1. The first-order valence-corrected chi connectivity index (χ1v) is 13.1. The van der Waals surface area contributed by atoms with Gasteiger partial charge in [-0.05, 0) is 48.4 Å². The third-order valence-electron chi connectivity index (χ3n) is 7.05. The standard InChI is InChI=1S/C32H28FN3O3/c1-19(2)30-26(16-15-23-17-22(37)18-29(38)39-23)31(20-11-13-21(33)14-12-20)36(35-30)32-24-7-3-5-9-27(24)34-28-10-6-4-8-25(28)32/h3-16,19,22-23,37H,17-18H2,1-2H3/t22-,23-/m0/s1. The highest BCUT2D eigenvalue weighted by molar-refractivity contribution is 6.03. The lowest BCUT2D eigenvalue weighted by Crippen LogP contribution is -2.31. The molecule has 6 nitrogen and oxygen atoms in total. The summed E-state index contributed by atoms with van der Waals surface area (Å²) < 4.78 is 21.4. The molecule has 1 saturated heterocycles. The Kier molecular flexibility index (Phi) is 6.45. The third-order valence-corrected chi connectivity index (χ3v) is 7.05. The average molecular weight is 522 g/mol. The third kappa shape index (κ3) is 4.70. The minimum absolute atomic E-state index is 0.00252. The molecule has 3 heterocycles. The Hall–Kier alpha value is -4.36. The van der Waals surface area contributed by atoms with Crippen molar-refractivity contribution in [3.8, 4) is 16.9 Å². The molecular formula is C32H28FN3O3. The van der Waals surface area contributed by atoms with Crippen molar-refractivity contribution >= 4 is 33.9 Å². The first-order chi connectivity index (χ1) is 18.9. The van der Waals surface area contributed by atoms with Crippen LogP contribution in [0.5, 0.6) is 0 Å². The van der Waals surface area contributed by atoms with Crippen molar-refractivity contribution in [3.63, 3.8) is 0 Å². The van der Waals surface area contributed by atoms with Crippen molar-refractivity contribution in [3.05, 3.63) is 95.9 Å². The fraction of sp³-hybridized carbons (Fsp3) is 0.219. The van der Waals surface area contributed by atoms with Crippen LogP contribution in [0.4, 0.5) is 4.39 Å². The van der Waals surface area contributed by atoms with Crippen LogP contribution in [-0.2, 0) is 9.53 Å². The first kappa shape index (κ1) is 24.9. The molecular weight excluding hydrogens is 493 g/mol. The number of aliphatic hydroxyl groups is 1. The van der Waals surface area contributed by atoms with E-state index in [-0.39, 0.29) is 18.2 Å². The average Bonchev–Trinajstić information content (AvgIpc) is 3.29. The van der Waals surface area contributed by atoms with Gasteiger partial charge in [-0.3, -0.25) is 4.79 Å². The van der Waals surface area contributed by atoms with Gasteiger partial charge in [-0.15, -0.1) is 0 Å². The summed E-state index contributed by atoms with van der Waals surface area (Å²) in [4.78, 5) is 16.8. The van der Waals surface area contributed by atoms with Gasteiger partial charge in [-0.2, -0.15) is 5.10 Å². The molecule has 1 aliphatic heterocycles. The van der Waals surface area contributed by atoms with Gasteiger partial charge in [0.05, 0.1) is 40.6 Å². The molecule has 39 heavy (non-hydrogen) atoms. The van der Waals surface area contributed by atoms with E-state index in [9.17, 15) is 14.3 Å². The number of ether oxygens (including phenoxy) is 1. The van der Waals surface area contributed by atoms with E-state index in [2.05, 4.69) is 13.8 Å². The second-order valence-electron chi connectivity index (χ2n) is 10.2. The summed E-state index contributed by atoms with van der Waals surface area (Å²) in [5.41, 5.74) is 5.85. The maximum Gasteiger partial charge on any atom is 0.309 e. The molecule has 1 aliphatic rings. The highest BCUT2D eigenvalue weighted by atomic mass is 19.1. The molecule has 196 valence electrons. The summed E-state index contributed by atoms with van der Waals surface area (Å²) in [6.45, 7) is 4.15. The Morgan fingerprint density at radius 1 is 1.00 bits per heavy atom. The maximum absolute atomic E-state index is 14.0. The molecule has 0 bridgehead atoms. The number of carbonyl (C=O) groups excluding carboxylic acids is 1. The molecule has 5 aromatic rings. The predicted molar refractivity (Wildman–Crippen MR) is 150 cm³/mol. The van der Waals surface area contributed by atoms with Crippen LogP contribution in [0.3, 0.4) is 0 Å². The molecule has 0 radical (unpaired) electrons. The number of aromatic nitrogens is 3. The zero-order valence-electron chi connectivity index (χ0n) is 21.7. The van der Waals surface area contributed by atoms with Gasteiger partial charge in [0.1, 0.15) is 11.9 Å². The number of para-hydroxylation sites is 2. The zero-order chi connectivity index (χ0) is 27.1. The van der Waals surface area contributed by atoms with Crippen molar-refractivity contribution in [1.82, 2.24) is 14.8 Å². The second kappa shape index (κ2) is 10.1. The Bertz CT molecular complexity index is 1670.